The molecule has 8 nitrogen and oxygen atoms in total. The zero-order valence-electron chi connectivity index (χ0n) is 12.8. The van der Waals surface area contributed by atoms with Crippen LogP contribution in [0.15, 0.2) is 0 Å². The lowest BCUT2D eigenvalue weighted by Gasteiger charge is -2.27. The van der Waals surface area contributed by atoms with E-state index in [0.717, 1.165) is 0 Å². The van der Waals surface area contributed by atoms with Crippen molar-refractivity contribution in [1.82, 2.24) is 0 Å². The van der Waals surface area contributed by atoms with Gasteiger partial charge in [0.25, 0.3) is 0 Å². The number of rotatable bonds is 13. The Balaban J connectivity index is 2.63. The van der Waals surface area contributed by atoms with E-state index in [1.807, 2.05) is 0 Å². The Labute approximate surface area is 130 Å². The number of hydrogen-bond donors (Lipinski definition) is 3. The predicted octanol–water partition coefficient (Wildman–Crippen LogP) is -1.28. The first kappa shape index (κ1) is 19.7. The van der Waals surface area contributed by atoms with Gasteiger partial charge >= 0.3 is 0 Å². The van der Waals surface area contributed by atoms with E-state index in [4.69, 9.17) is 39.0 Å². The van der Waals surface area contributed by atoms with Gasteiger partial charge in [0.1, 0.15) is 12.2 Å². The molecular weight excluding hydrogens is 296 g/mol. The van der Waals surface area contributed by atoms with Crippen LogP contribution in [0.3, 0.4) is 0 Å². The SMILES string of the molecule is [CH2]COCC(OCCO)C1OC(OCCO)CC1OCCO. The maximum atomic E-state index is 8.92. The van der Waals surface area contributed by atoms with Crippen molar-refractivity contribution in [1.29, 1.82) is 0 Å². The van der Waals surface area contributed by atoms with Crippen LogP contribution in [0.1, 0.15) is 6.42 Å². The molecule has 0 bridgehead atoms. The Morgan fingerprint density at radius 3 is 2.36 bits per heavy atom. The summed E-state index contributed by atoms with van der Waals surface area (Å²) in [6.07, 6.45) is -1.27. The van der Waals surface area contributed by atoms with Crippen molar-refractivity contribution >= 4 is 0 Å². The lowest BCUT2D eigenvalue weighted by Crippen LogP contribution is -2.42. The Morgan fingerprint density at radius 2 is 1.73 bits per heavy atom. The highest BCUT2D eigenvalue weighted by atomic mass is 16.7. The molecule has 131 valence electrons. The molecule has 8 heteroatoms. The second kappa shape index (κ2) is 12.1. The van der Waals surface area contributed by atoms with Gasteiger partial charge in [-0.1, -0.05) is 0 Å². The predicted molar refractivity (Wildman–Crippen MR) is 76.1 cm³/mol. The van der Waals surface area contributed by atoms with Crippen molar-refractivity contribution < 1.29 is 39.0 Å². The van der Waals surface area contributed by atoms with Crippen molar-refractivity contribution in [2.75, 3.05) is 52.9 Å². The monoisotopic (exact) mass is 323 g/mol. The summed E-state index contributed by atoms with van der Waals surface area (Å²) in [7, 11) is 0. The fourth-order valence-electron chi connectivity index (χ4n) is 2.27. The molecule has 1 fully saturated rings. The smallest absolute Gasteiger partial charge is 0.160 e. The van der Waals surface area contributed by atoms with Gasteiger partial charge in [-0.2, -0.15) is 0 Å². The molecule has 0 aromatic heterocycles. The topological polar surface area (TPSA) is 107 Å². The zero-order valence-corrected chi connectivity index (χ0v) is 12.8. The minimum atomic E-state index is -0.513. The van der Waals surface area contributed by atoms with Crippen molar-refractivity contribution in [2.45, 2.75) is 31.0 Å². The number of aliphatic hydroxyl groups is 3. The summed E-state index contributed by atoms with van der Waals surface area (Å²) < 4.78 is 27.6. The Bertz CT molecular complexity index is 257. The quantitative estimate of drug-likeness (QED) is 0.385. The second-order valence-corrected chi connectivity index (χ2v) is 4.70. The molecule has 4 atom stereocenters. The van der Waals surface area contributed by atoms with Gasteiger partial charge in [-0.25, -0.2) is 0 Å². The Morgan fingerprint density at radius 1 is 1.05 bits per heavy atom. The second-order valence-electron chi connectivity index (χ2n) is 4.70. The minimum absolute atomic E-state index is 0.0943. The lowest BCUT2D eigenvalue weighted by molar-refractivity contribution is -0.182. The third-order valence-electron chi connectivity index (χ3n) is 3.13. The lowest BCUT2D eigenvalue weighted by atomic mass is 10.1. The van der Waals surface area contributed by atoms with Crippen LogP contribution in [0.5, 0.6) is 0 Å². The molecule has 1 rings (SSSR count). The van der Waals surface area contributed by atoms with Crippen LogP contribution >= 0.6 is 0 Å². The third kappa shape index (κ3) is 6.84. The van der Waals surface area contributed by atoms with Crippen molar-refractivity contribution in [3.05, 3.63) is 6.92 Å². The molecule has 0 aliphatic carbocycles. The van der Waals surface area contributed by atoms with Crippen molar-refractivity contribution in [3.63, 3.8) is 0 Å². The number of aliphatic hydroxyl groups excluding tert-OH is 3. The van der Waals surface area contributed by atoms with E-state index in [9.17, 15) is 0 Å². The van der Waals surface area contributed by atoms with E-state index >= 15 is 0 Å². The summed E-state index contributed by atoms with van der Waals surface area (Å²) in [4.78, 5) is 0. The van der Waals surface area contributed by atoms with Gasteiger partial charge in [0.15, 0.2) is 6.29 Å². The van der Waals surface area contributed by atoms with Crippen LogP contribution in [0.25, 0.3) is 0 Å². The average Bonchev–Trinajstić information content (AvgIpc) is 2.94. The molecule has 0 amide bonds. The van der Waals surface area contributed by atoms with E-state index in [1.54, 1.807) is 0 Å². The highest BCUT2D eigenvalue weighted by Gasteiger charge is 2.42. The molecular formula is C14H27O8. The molecule has 4 unspecified atom stereocenters. The number of hydrogen-bond acceptors (Lipinski definition) is 8. The molecule has 1 aliphatic heterocycles. The van der Waals surface area contributed by atoms with Gasteiger partial charge < -0.3 is 39.0 Å². The molecule has 0 aromatic rings. The highest BCUT2D eigenvalue weighted by molar-refractivity contribution is 4.86. The van der Waals surface area contributed by atoms with Gasteiger partial charge in [-0.05, 0) is 6.92 Å². The maximum Gasteiger partial charge on any atom is 0.160 e. The summed E-state index contributed by atoms with van der Waals surface area (Å²) >= 11 is 0. The maximum absolute atomic E-state index is 8.92. The van der Waals surface area contributed by atoms with E-state index in [2.05, 4.69) is 6.92 Å². The largest absolute Gasteiger partial charge is 0.394 e. The fourth-order valence-corrected chi connectivity index (χ4v) is 2.27. The molecule has 1 radical (unpaired) electrons. The summed E-state index contributed by atoms with van der Waals surface area (Å²) in [5.41, 5.74) is 0. The average molecular weight is 323 g/mol. The van der Waals surface area contributed by atoms with Crippen LogP contribution in [-0.4, -0.2) is 92.8 Å². The van der Waals surface area contributed by atoms with Gasteiger partial charge in [-0.3, -0.25) is 0 Å². The van der Waals surface area contributed by atoms with Crippen LogP contribution < -0.4 is 0 Å². The molecule has 0 saturated carbocycles. The Hall–Kier alpha value is -0.320. The van der Waals surface area contributed by atoms with Crippen molar-refractivity contribution in [3.8, 4) is 0 Å². The first-order valence-corrected chi connectivity index (χ1v) is 7.46. The fraction of sp³-hybridized carbons (Fsp3) is 0.929. The van der Waals surface area contributed by atoms with Crippen LogP contribution in [0.2, 0.25) is 0 Å². The van der Waals surface area contributed by atoms with E-state index in [0.29, 0.717) is 6.42 Å². The first-order valence-electron chi connectivity index (χ1n) is 7.46. The summed E-state index contributed by atoms with van der Waals surface area (Å²) in [6.45, 7) is 4.34. The highest BCUT2D eigenvalue weighted by Crippen LogP contribution is 2.28. The van der Waals surface area contributed by atoms with Gasteiger partial charge in [0.05, 0.1) is 52.4 Å². The molecule has 3 N–H and O–H groups in total. The molecule has 1 saturated heterocycles. The molecule has 0 spiro atoms. The summed E-state index contributed by atoms with van der Waals surface area (Å²) in [5.74, 6) is 0. The van der Waals surface area contributed by atoms with Crippen LogP contribution in [-0.2, 0) is 23.7 Å². The Kier molecular flexibility index (Phi) is 10.9. The standard InChI is InChI=1S/C14H27O8/c1-2-18-10-12(20-7-4-16)14-11(19-6-3-15)9-13(22-14)21-8-5-17/h11-17H,1-10H2. The molecule has 1 heterocycles. The summed E-state index contributed by atoms with van der Waals surface area (Å²) in [6, 6.07) is 0. The molecule has 0 aromatic carbocycles. The summed E-state index contributed by atoms with van der Waals surface area (Å²) in [5, 5.41) is 26.7. The van der Waals surface area contributed by atoms with Crippen LogP contribution in [0.4, 0.5) is 0 Å². The van der Waals surface area contributed by atoms with Gasteiger partial charge in [0.2, 0.25) is 0 Å². The van der Waals surface area contributed by atoms with E-state index in [1.165, 1.54) is 0 Å². The van der Waals surface area contributed by atoms with E-state index in [-0.39, 0.29) is 59.0 Å². The number of ether oxygens (including phenoxy) is 5. The minimum Gasteiger partial charge on any atom is -0.394 e. The van der Waals surface area contributed by atoms with Crippen LogP contribution in [0, 0.1) is 6.92 Å². The van der Waals surface area contributed by atoms with Gasteiger partial charge in [-0.15, -0.1) is 0 Å². The zero-order chi connectivity index (χ0) is 16.2. The third-order valence-corrected chi connectivity index (χ3v) is 3.13. The van der Waals surface area contributed by atoms with E-state index < -0.39 is 18.5 Å². The normalized spacial score (nSPS) is 26.5. The molecule has 22 heavy (non-hydrogen) atoms. The van der Waals surface area contributed by atoms with Gasteiger partial charge in [0, 0.05) is 13.0 Å². The van der Waals surface area contributed by atoms with Crippen molar-refractivity contribution in [2.24, 2.45) is 0 Å². The molecule has 1 aliphatic rings. The first-order chi connectivity index (χ1) is 10.8.